The highest BCUT2D eigenvalue weighted by molar-refractivity contribution is 6.08. The standard InChI is InChI=1S/C26H22F3NO4/c1-34-25(33)22(30-23(31)16-18-6-5-9-21(14-18)26(27,28)29)15-17-10-12-20(13-11-17)24(32)19-7-3-2-4-8-19/h2-14,22H,15-16H2,1H3,(H,30,31)/t22-/m1/s1. The van der Waals surface area contributed by atoms with Gasteiger partial charge in [0.1, 0.15) is 6.04 Å². The van der Waals surface area contributed by atoms with Gasteiger partial charge >= 0.3 is 12.1 Å². The molecule has 0 aliphatic carbocycles. The third kappa shape index (κ3) is 6.54. The third-order valence-corrected chi connectivity index (χ3v) is 5.13. The average Bonchev–Trinajstić information content (AvgIpc) is 2.83. The van der Waals surface area contributed by atoms with Crippen LogP contribution >= 0.6 is 0 Å². The molecule has 1 N–H and O–H groups in total. The maximum atomic E-state index is 12.9. The summed E-state index contributed by atoms with van der Waals surface area (Å²) in [5.41, 5.74) is 0.995. The Morgan fingerprint density at radius 3 is 2.12 bits per heavy atom. The molecule has 34 heavy (non-hydrogen) atoms. The van der Waals surface area contributed by atoms with E-state index in [1.54, 1.807) is 48.5 Å². The normalized spacial score (nSPS) is 12.0. The van der Waals surface area contributed by atoms with Gasteiger partial charge in [-0.05, 0) is 17.2 Å². The van der Waals surface area contributed by atoms with Crippen LogP contribution in [-0.2, 0) is 33.3 Å². The number of benzene rings is 3. The van der Waals surface area contributed by atoms with Crippen molar-refractivity contribution in [1.29, 1.82) is 0 Å². The minimum Gasteiger partial charge on any atom is -0.467 e. The van der Waals surface area contributed by atoms with Gasteiger partial charge in [-0.3, -0.25) is 9.59 Å². The fraction of sp³-hybridized carbons (Fsp3) is 0.192. The summed E-state index contributed by atoms with van der Waals surface area (Å²) >= 11 is 0. The first-order chi connectivity index (χ1) is 16.2. The van der Waals surface area contributed by atoms with Gasteiger partial charge in [0, 0.05) is 17.5 Å². The van der Waals surface area contributed by atoms with Crippen molar-refractivity contribution in [2.24, 2.45) is 0 Å². The van der Waals surface area contributed by atoms with E-state index in [1.165, 1.54) is 19.2 Å². The molecule has 1 amide bonds. The van der Waals surface area contributed by atoms with E-state index in [1.807, 2.05) is 6.07 Å². The smallest absolute Gasteiger partial charge is 0.416 e. The molecule has 0 heterocycles. The number of hydrogen-bond donors (Lipinski definition) is 1. The summed E-state index contributed by atoms with van der Waals surface area (Å²) < 4.78 is 43.5. The molecule has 3 rings (SSSR count). The minimum atomic E-state index is -4.52. The predicted octanol–water partition coefficient (Wildman–Crippen LogP) is 4.38. The second kappa shape index (κ2) is 10.8. The van der Waals surface area contributed by atoms with Crippen molar-refractivity contribution in [3.8, 4) is 0 Å². The lowest BCUT2D eigenvalue weighted by Crippen LogP contribution is -2.43. The predicted molar refractivity (Wildman–Crippen MR) is 119 cm³/mol. The van der Waals surface area contributed by atoms with E-state index in [-0.39, 0.29) is 24.2 Å². The van der Waals surface area contributed by atoms with Gasteiger partial charge in [-0.25, -0.2) is 4.79 Å². The van der Waals surface area contributed by atoms with Gasteiger partial charge in [0.15, 0.2) is 5.78 Å². The molecule has 0 radical (unpaired) electrons. The van der Waals surface area contributed by atoms with Crippen molar-refractivity contribution in [3.05, 3.63) is 107 Å². The van der Waals surface area contributed by atoms with Gasteiger partial charge in [-0.2, -0.15) is 13.2 Å². The molecule has 3 aromatic carbocycles. The molecule has 0 saturated carbocycles. The van der Waals surface area contributed by atoms with E-state index < -0.39 is 29.7 Å². The summed E-state index contributed by atoms with van der Waals surface area (Å²) in [7, 11) is 1.18. The molecular weight excluding hydrogens is 447 g/mol. The minimum absolute atomic E-state index is 0.0841. The number of nitrogens with one attached hydrogen (secondary N) is 1. The van der Waals surface area contributed by atoms with Crippen LogP contribution < -0.4 is 5.32 Å². The largest absolute Gasteiger partial charge is 0.467 e. The number of carbonyl (C=O) groups is 3. The lowest BCUT2D eigenvalue weighted by Gasteiger charge is -2.17. The van der Waals surface area contributed by atoms with Gasteiger partial charge in [0.05, 0.1) is 19.1 Å². The van der Waals surface area contributed by atoms with Crippen LogP contribution in [0, 0.1) is 0 Å². The zero-order valence-corrected chi connectivity index (χ0v) is 18.3. The summed E-state index contributed by atoms with van der Waals surface area (Å²) in [5.74, 6) is -1.46. The van der Waals surface area contributed by atoms with Gasteiger partial charge in [0.2, 0.25) is 5.91 Å². The van der Waals surface area contributed by atoms with E-state index in [0.29, 0.717) is 16.7 Å². The van der Waals surface area contributed by atoms with Crippen LogP contribution in [0.1, 0.15) is 32.6 Å². The molecule has 0 aliphatic rings. The molecule has 0 unspecified atom stereocenters. The second-order valence-electron chi connectivity index (χ2n) is 7.61. The molecule has 5 nitrogen and oxygen atoms in total. The van der Waals surface area contributed by atoms with E-state index in [2.05, 4.69) is 5.32 Å². The summed E-state index contributed by atoms with van der Waals surface area (Å²) in [6.45, 7) is 0. The van der Waals surface area contributed by atoms with Crippen molar-refractivity contribution in [3.63, 3.8) is 0 Å². The number of methoxy groups -OCH3 is 1. The molecule has 0 spiro atoms. The molecule has 0 saturated heterocycles. The number of ketones is 1. The molecule has 176 valence electrons. The lowest BCUT2D eigenvalue weighted by molar-refractivity contribution is -0.145. The van der Waals surface area contributed by atoms with Crippen LogP contribution in [0.15, 0.2) is 78.9 Å². The first-order valence-corrected chi connectivity index (χ1v) is 10.4. The fourth-order valence-electron chi connectivity index (χ4n) is 3.41. The Labute approximate surface area is 194 Å². The van der Waals surface area contributed by atoms with Gasteiger partial charge < -0.3 is 10.1 Å². The zero-order valence-electron chi connectivity index (χ0n) is 18.3. The van der Waals surface area contributed by atoms with E-state index >= 15 is 0 Å². The molecule has 0 aliphatic heterocycles. The number of amides is 1. The second-order valence-corrected chi connectivity index (χ2v) is 7.61. The Morgan fingerprint density at radius 2 is 1.50 bits per heavy atom. The van der Waals surface area contributed by atoms with Crippen LogP contribution in [0.25, 0.3) is 0 Å². The number of esters is 1. The Hall–Kier alpha value is -3.94. The number of halogens is 3. The van der Waals surface area contributed by atoms with Gasteiger partial charge in [-0.1, -0.05) is 72.8 Å². The Morgan fingerprint density at radius 1 is 0.853 bits per heavy atom. The summed E-state index contributed by atoms with van der Waals surface area (Å²) in [5, 5.41) is 2.52. The summed E-state index contributed by atoms with van der Waals surface area (Å²) in [6, 6.07) is 18.8. The Balaban J connectivity index is 1.68. The lowest BCUT2D eigenvalue weighted by atomic mass is 9.99. The van der Waals surface area contributed by atoms with Crippen molar-refractivity contribution in [2.45, 2.75) is 25.1 Å². The van der Waals surface area contributed by atoms with Crippen molar-refractivity contribution in [2.75, 3.05) is 7.11 Å². The van der Waals surface area contributed by atoms with Crippen LogP contribution in [0.2, 0.25) is 0 Å². The average molecular weight is 469 g/mol. The Bertz CT molecular complexity index is 1160. The molecule has 0 fully saturated rings. The van der Waals surface area contributed by atoms with Crippen molar-refractivity contribution in [1.82, 2.24) is 5.32 Å². The Kier molecular flexibility index (Phi) is 7.83. The number of hydrogen-bond acceptors (Lipinski definition) is 4. The van der Waals surface area contributed by atoms with Crippen LogP contribution in [-0.4, -0.2) is 30.8 Å². The van der Waals surface area contributed by atoms with Crippen LogP contribution in [0.5, 0.6) is 0 Å². The van der Waals surface area contributed by atoms with E-state index in [4.69, 9.17) is 4.74 Å². The number of carbonyl (C=O) groups excluding carboxylic acids is 3. The highest BCUT2D eigenvalue weighted by Crippen LogP contribution is 2.29. The monoisotopic (exact) mass is 469 g/mol. The van der Waals surface area contributed by atoms with Crippen molar-refractivity contribution < 1.29 is 32.3 Å². The summed E-state index contributed by atoms with van der Waals surface area (Å²) in [6.07, 6.45) is -4.77. The molecule has 0 aromatic heterocycles. The van der Waals surface area contributed by atoms with Gasteiger partial charge in [0.25, 0.3) is 0 Å². The highest BCUT2D eigenvalue weighted by Gasteiger charge is 2.30. The van der Waals surface area contributed by atoms with E-state index in [0.717, 1.165) is 12.1 Å². The zero-order chi connectivity index (χ0) is 24.7. The molecule has 8 heteroatoms. The van der Waals surface area contributed by atoms with Gasteiger partial charge in [-0.15, -0.1) is 0 Å². The maximum Gasteiger partial charge on any atom is 0.416 e. The topological polar surface area (TPSA) is 72.5 Å². The number of ether oxygens (including phenoxy) is 1. The number of alkyl halides is 3. The van der Waals surface area contributed by atoms with Crippen molar-refractivity contribution >= 4 is 17.7 Å². The number of rotatable bonds is 8. The van der Waals surface area contributed by atoms with Crippen LogP contribution in [0.4, 0.5) is 13.2 Å². The fourth-order valence-corrected chi connectivity index (χ4v) is 3.41. The molecule has 1 atom stereocenters. The summed E-state index contributed by atoms with van der Waals surface area (Å²) in [4.78, 5) is 37.2. The first kappa shape index (κ1) is 24.7. The highest BCUT2D eigenvalue weighted by atomic mass is 19.4. The molecule has 3 aromatic rings. The maximum absolute atomic E-state index is 12.9. The SMILES string of the molecule is COC(=O)[C@@H](Cc1ccc(C(=O)c2ccccc2)cc1)NC(=O)Cc1cccc(C(F)(F)F)c1. The van der Waals surface area contributed by atoms with Crippen LogP contribution in [0.3, 0.4) is 0 Å². The van der Waals surface area contributed by atoms with E-state index in [9.17, 15) is 27.6 Å². The third-order valence-electron chi connectivity index (χ3n) is 5.13. The molecule has 0 bridgehead atoms. The molecular formula is C26H22F3NO4. The first-order valence-electron chi connectivity index (χ1n) is 10.4. The quantitative estimate of drug-likeness (QED) is 0.393.